The van der Waals surface area contributed by atoms with Crippen LogP contribution < -0.4 is 0 Å². The van der Waals surface area contributed by atoms with Crippen LogP contribution in [0.15, 0.2) is 48.5 Å². The minimum Gasteiger partial charge on any atom is -0.476 e. The van der Waals surface area contributed by atoms with Gasteiger partial charge in [-0.25, -0.2) is 13.9 Å². The molecule has 0 saturated carbocycles. The number of carboxylic acids is 1. The molecule has 1 aromatic heterocycles. The highest BCUT2D eigenvalue weighted by Gasteiger charge is 2.22. The number of rotatable bonds is 4. The summed E-state index contributed by atoms with van der Waals surface area (Å²) in [5.41, 5.74) is 2.19. The lowest BCUT2D eigenvalue weighted by Crippen LogP contribution is -2.05. The molecule has 0 atom stereocenters. The van der Waals surface area contributed by atoms with Crippen molar-refractivity contribution in [3.05, 3.63) is 65.6 Å². The average molecular weight is 311 g/mol. The lowest BCUT2D eigenvalue weighted by molar-refractivity contribution is 0.0691. The van der Waals surface area contributed by atoms with Crippen LogP contribution in [0.25, 0.3) is 16.9 Å². The average Bonchev–Trinajstić information content (AvgIpc) is 2.99. The molecule has 0 spiro atoms. The Hall–Kier alpha value is -3.02. The van der Waals surface area contributed by atoms with E-state index in [-0.39, 0.29) is 11.4 Å². The number of benzene rings is 2. The molecule has 0 amide bonds. The van der Waals surface area contributed by atoms with Gasteiger partial charge in [0.15, 0.2) is 5.69 Å². The molecule has 0 aliphatic carbocycles. The maximum absolute atomic E-state index is 13.6. The van der Waals surface area contributed by atoms with Gasteiger partial charge in [-0.05, 0) is 30.2 Å². The molecule has 0 bridgehead atoms. The number of aromatic nitrogens is 3. The zero-order valence-electron chi connectivity index (χ0n) is 12.4. The molecule has 0 aliphatic rings. The van der Waals surface area contributed by atoms with E-state index in [0.717, 1.165) is 17.7 Å². The maximum atomic E-state index is 13.6. The van der Waals surface area contributed by atoms with E-state index in [4.69, 9.17) is 0 Å². The number of halogens is 1. The van der Waals surface area contributed by atoms with Gasteiger partial charge in [-0.15, -0.1) is 5.10 Å². The molecular formula is C17H14FN3O2. The molecule has 6 heteroatoms. The van der Waals surface area contributed by atoms with E-state index < -0.39 is 11.8 Å². The molecule has 23 heavy (non-hydrogen) atoms. The van der Waals surface area contributed by atoms with Gasteiger partial charge in [-0.1, -0.05) is 42.5 Å². The maximum Gasteiger partial charge on any atom is 0.358 e. The third kappa shape index (κ3) is 2.70. The quantitative estimate of drug-likeness (QED) is 0.802. The number of nitrogens with zero attached hydrogens (tertiary/aromatic N) is 3. The second kappa shape index (κ2) is 6.00. The highest BCUT2D eigenvalue weighted by atomic mass is 19.1. The summed E-state index contributed by atoms with van der Waals surface area (Å²) in [5.74, 6) is -1.65. The summed E-state index contributed by atoms with van der Waals surface area (Å²) in [7, 11) is 0. The monoisotopic (exact) mass is 311 g/mol. The number of para-hydroxylation sites is 1. The summed E-state index contributed by atoms with van der Waals surface area (Å²) in [4.78, 5) is 11.5. The van der Waals surface area contributed by atoms with Crippen LogP contribution in [-0.4, -0.2) is 26.1 Å². The zero-order valence-corrected chi connectivity index (χ0v) is 12.4. The number of aromatic carboxylic acids is 1. The van der Waals surface area contributed by atoms with Crippen molar-refractivity contribution in [2.45, 2.75) is 13.3 Å². The van der Waals surface area contributed by atoms with E-state index in [1.54, 1.807) is 6.07 Å². The molecule has 0 aliphatic heterocycles. The molecule has 0 fully saturated rings. The fourth-order valence-electron chi connectivity index (χ4n) is 2.51. The number of carbonyl (C=O) groups is 1. The van der Waals surface area contributed by atoms with Crippen LogP contribution in [0.4, 0.5) is 4.39 Å². The van der Waals surface area contributed by atoms with E-state index in [1.807, 2.05) is 31.2 Å². The van der Waals surface area contributed by atoms with Crippen molar-refractivity contribution < 1.29 is 14.3 Å². The molecule has 0 saturated heterocycles. The molecule has 1 heterocycles. The molecule has 5 nitrogen and oxygen atoms in total. The van der Waals surface area contributed by atoms with Crippen molar-refractivity contribution in [1.29, 1.82) is 0 Å². The first-order valence-corrected chi connectivity index (χ1v) is 7.15. The first kappa shape index (κ1) is 14.9. The van der Waals surface area contributed by atoms with Crippen molar-refractivity contribution in [2.24, 2.45) is 0 Å². The van der Waals surface area contributed by atoms with Crippen molar-refractivity contribution in [3.63, 3.8) is 0 Å². The number of hydrogen-bond donors (Lipinski definition) is 1. The van der Waals surface area contributed by atoms with Gasteiger partial charge in [-0.2, -0.15) is 0 Å². The fraction of sp³-hybridized carbons (Fsp3) is 0.118. The number of hydrogen-bond acceptors (Lipinski definition) is 3. The van der Waals surface area contributed by atoms with Gasteiger partial charge < -0.3 is 5.11 Å². The Morgan fingerprint density at radius 3 is 2.70 bits per heavy atom. The van der Waals surface area contributed by atoms with Gasteiger partial charge in [0, 0.05) is 5.56 Å². The second-order valence-corrected chi connectivity index (χ2v) is 5.00. The fourth-order valence-corrected chi connectivity index (χ4v) is 2.51. The van der Waals surface area contributed by atoms with E-state index in [9.17, 15) is 14.3 Å². The van der Waals surface area contributed by atoms with Gasteiger partial charge >= 0.3 is 5.97 Å². The van der Waals surface area contributed by atoms with Crippen LogP contribution in [0.2, 0.25) is 0 Å². The minimum absolute atomic E-state index is 0.207. The van der Waals surface area contributed by atoms with Crippen LogP contribution in [0.1, 0.15) is 23.0 Å². The summed E-state index contributed by atoms with van der Waals surface area (Å²) in [6.45, 7) is 2.00. The van der Waals surface area contributed by atoms with Crippen molar-refractivity contribution in [1.82, 2.24) is 15.0 Å². The molecule has 116 valence electrons. The van der Waals surface area contributed by atoms with Gasteiger partial charge in [0.25, 0.3) is 0 Å². The Morgan fingerprint density at radius 1 is 1.22 bits per heavy atom. The first-order valence-electron chi connectivity index (χ1n) is 7.15. The molecule has 1 N–H and O–H groups in total. The topological polar surface area (TPSA) is 68.0 Å². The smallest absolute Gasteiger partial charge is 0.358 e. The van der Waals surface area contributed by atoms with Crippen LogP contribution >= 0.6 is 0 Å². The van der Waals surface area contributed by atoms with Crippen LogP contribution in [0.3, 0.4) is 0 Å². The summed E-state index contributed by atoms with van der Waals surface area (Å²) >= 11 is 0. The van der Waals surface area contributed by atoms with Crippen LogP contribution in [0.5, 0.6) is 0 Å². The van der Waals surface area contributed by atoms with E-state index >= 15 is 0 Å². The Morgan fingerprint density at radius 2 is 2.00 bits per heavy atom. The van der Waals surface area contributed by atoms with Crippen molar-refractivity contribution in [3.8, 4) is 16.9 Å². The Bertz CT molecular complexity index is 874. The number of carboxylic acid groups (broad SMARTS) is 1. The summed E-state index contributed by atoms with van der Waals surface area (Å²) in [6, 6.07) is 13.3. The second-order valence-electron chi connectivity index (χ2n) is 5.00. The highest BCUT2D eigenvalue weighted by Crippen LogP contribution is 2.27. The van der Waals surface area contributed by atoms with Gasteiger partial charge in [0.05, 0.1) is 5.69 Å². The standard InChI is InChI=1S/C17H14FN3O2/c1-2-11-6-3-4-9-14(11)21-16(15(17(22)23)19-20-21)12-7-5-8-13(18)10-12/h3-10H,2H2,1H3,(H,22,23). The van der Waals surface area contributed by atoms with Crippen LogP contribution in [-0.2, 0) is 6.42 Å². The third-order valence-electron chi connectivity index (χ3n) is 3.57. The highest BCUT2D eigenvalue weighted by molar-refractivity contribution is 5.93. The van der Waals surface area contributed by atoms with Gasteiger partial charge in [-0.3, -0.25) is 0 Å². The molecule has 0 unspecified atom stereocenters. The van der Waals surface area contributed by atoms with E-state index in [2.05, 4.69) is 10.3 Å². The molecular weight excluding hydrogens is 297 g/mol. The molecule has 3 rings (SSSR count). The predicted octanol–water partition coefficient (Wildman–Crippen LogP) is 3.33. The molecule has 2 aromatic carbocycles. The Labute approximate surface area is 132 Å². The lowest BCUT2D eigenvalue weighted by atomic mass is 10.1. The normalized spacial score (nSPS) is 10.7. The summed E-state index contributed by atoms with van der Waals surface area (Å²) in [6.07, 6.45) is 0.751. The SMILES string of the molecule is CCc1ccccc1-n1nnc(C(=O)O)c1-c1cccc(F)c1. The lowest BCUT2D eigenvalue weighted by Gasteiger charge is -2.11. The Balaban J connectivity index is 2.29. The minimum atomic E-state index is -1.20. The predicted molar refractivity (Wildman–Crippen MR) is 83.1 cm³/mol. The van der Waals surface area contributed by atoms with E-state index in [0.29, 0.717) is 5.56 Å². The van der Waals surface area contributed by atoms with Gasteiger partial charge in [0.1, 0.15) is 11.5 Å². The van der Waals surface area contributed by atoms with Crippen LogP contribution in [0, 0.1) is 5.82 Å². The van der Waals surface area contributed by atoms with E-state index in [1.165, 1.54) is 22.9 Å². The summed E-state index contributed by atoms with van der Waals surface area (Å²) < 4.78 is 15.0. The van der Waals surface area contributed by atoms with Crippen molar-refractivity contribution >= 4 is 5.97 Å². The molecule has 3 aromatic rings. The third-order valence-corrected chi connectivity index (χ3v) is 3.57. The largest absolute Gasteiger partial charge is 0.476 e. The Kier molecular flexibility index (Phi) is 3.89. The van der Waals surface area contributed by atoms with Gasteiger partial charge in [0.2, 0.25) is 0 Å². The molecule has 0 radical (unpaired) electrons. The first-order chi connectivity index (χ1) is 11.1. The summed E-state index contributed by atoms with van der Waals surface area (Å²) in [5, 5.41) is 17.1. The number of aryl methyl sites for hydroxylation is 1. The van der Waals surface area contributed by atoms with Crippen molar-refractivity contribution in [2.75, 3.05) is 0 Å². The zero-order chi connectivity index (χ0) is 16.4.